The van der Waals surface area contributed by atoms with E-state index >= 15 is 0 Å². The number of carbonyl (C=O) groups excluding carboxylic acids is 2. The first-order valence-corrected chi connectivity index (χ1v) is 5.20. The van der Waals surface area contributed by atoms with Crippen LogP contribution in [-0.4, -0.2) is 12.1 Å². The number of furan rings is 1. The van der Waals surface area contributed by atoms with Crippen molar-refractivity contribution in [1.82, 2.24) is 0 Å². The summed E-state index contributed by atoms with van der Waals surface area (Å²) in [4.78, 5) is 21.8. The van der Waals surface area contributed by atoms with Crippen molar-refractivity contribution in [3.63, 3.8) is 0 Å². The van der Waals surface area contributed by atoms with Gasteiger partial charge in [0.05, 0.1) is 0 Å². The molecule has 17 heavy (non-hydrogen) atoms. The molecule has 3 rings (SSSR count). The van der Waals surface area contributed by atoms with Crippen molar-refractivity contribution in [3.05, 3.63) is 48.0 Å². The maximum absolute atomic E-state index is 11.3. The highest BCUT2D eigenvalue weighted by Crippen LogP contribution is 2.28. The number of carbonyl (C=O) groups is 2. The molecule has 82 valence electrons. The van der Waals surface area contributed by atoms with Crippen LogP contribution in [0.1, 0.15) is 10.4 Å². The molecule has 3 nitrogen and oxygen atoms in total. The van der Waals surface area contributed by atoms with E-state index in [1.165, 1.54) is 0 Å². The molecule has 0 radical (unpaired) electrons. The summed E-state index contributed by atoms with van der Waals surface area (Å²) in [6.07, 6.45) is 0.323. The summed E-state index contributed by atoms with van der Waals surface area (Å²) in [6, 6.07) is 12.6. The molecule has 1 heterocycles. The summed E-state index contributed by atoms with van der Waals surface area (Å²) in [5, 5.41) is 1.80. The van der Waals surface area contributed by atoms with E-state index in [1.54, 1.807) is 18.2 Å². The van der Waals surface area contributed by atoms with Gasteiger partial charge in [0.2, 0.25) is 5.78 Å². The molecule has 0 aliphatic heterocycles. The predicted octanol–water partition coefficient (Wildman–Crippen LogP) is 2.97. The second-order valence-electron chi connectivity index (χ2n) is 3.79. The summed E-state index contributed by atoms with van der Waals surface area (Å²) in [7, 11) is 0. The zero-order chi connectivity index (χ0) is 11.8. The van der Waals surface area contributed by atoms with Crippen molar-refractivity contribution < 1.29 is 14.0 Å². The van der Waals surface area contributed by atoms with Crippen LogP contribution < -0.4 is 0 Å². The second-order valence-corrected chi connectivity index (χ2v) is 3.79. The van der Waals surface area contributed by atoms with Gasteiger partial charge in [0.15, 0.2) is 6.29 Å². The van der Waals surface area contributed by atoms with Crippen LogP contribution in [-0.2, 0) is 4.79 Å². The molecule has 0 amide bonds. The van der Waals surface area contributed by atoms with Crippen molar-refractivity contribution in [2.24, 2.45) is 0 Å². The highest BCUT2D eigenvalue weighted by atomic mass is 16.3. The Bertz CT molecular complexity index is 737. The first kappa shape index (κ1) is 9.78. The van der Waals surface area contributed by atoms with Crippen molar-refractivity contribution in [2.45, 2.75) is 0 Å². The van der Waals surface area contributed by atoms with Crippen LogP contribution in [0.5, 0.6) is 0 Å². The average Bonchev–Trinajstić information content (AvgIpc) is 2.75. The Morgan fingerprint density at radius 2 is 1.76 bits per heavy atom. The van der Waals surface area contributed by atoms with Crippen LogP contribution in [0.4, 0.5) is 0 Å². The fourth-order valence-corrected chi connectivity index (χ4v) is 1.95. The van der Waals surface area contributed by atoms with Gasteiger partial charge in [0.25, 0.3) is 0 Å². The van der Waals surface area contributed by atoms with E-state index in [2.05, 4.69) is 0 Å². The smallest absolute Gasteiger partial charge is 0.225 e. The lowest BCUT2D eigenvalue weighted by molar-refractivity contribution is -0.104. The number of aldehydes is 1. The number of ketones is 1. The van der Waals surface area contributed by atoms with Crippen LogP contribution >= 0.6 is 0 Å². The lowest BCUT2D eigenvalue weighted by atomic mass is 10.1. The number of Topliss-reactive ketones (excluding diaryl/α,β-unsaturated/α-hetero) is 1. The molecule has 0 bridgehead atoms. The third-order valence-corrected chi connectivity index (χ3v) is 2.77. The van der Waals surface area contributed by atoms with Gasteiger partial charge in [-0.2, -0.15) is 0 Å². The van der Waals surface area contributed by atoms with Crippen molar-refractivity contribution in [2.75, 3.05) is 0 Å². The maximum Gasteiger partial charge on any atom is 0.225 e. The Morgan fingerprint density at radius 1 is 1.00 bits per heavy atom. The molecule has 1 aromatic heterocycles. The fraction of sp³-hybridized carbons (Fsp3) is 0. The van der Waals surface area contributed by atoms with Gasteiger partial charge in [-0.15, -0.1) is 0 Å². The summed E-state index contributed by atoms with van der Waals surface area (Å²) in [6.45, 7) is 0. The largest absolute Gasteiger partial charge is 0.456 e. The second kappa shape index (κ2) is 3.56. The summed E-state index contributed by atoms with van der Waals surface area (Å²) in [5.74, 6) is -0.516. The minimum atomic E-state index is -0.516. The molecule has 3 aromatic rings. The number of hydrogen-bond donors (Lipinski definition) is 0. The van der Waals surface area contributed by atoms with Gasteiger partial charge in [-0.1, -0.05) is 18.2 Å². The topological polar surface area (TPSA) is 47.3 Å². The van der Waals surface area contributed by atoms with E-state index < -0.39 is 5.78 Å². The van der Waals surface area contributed by atoms with Gasteiger partial charge >= 0.3 is 0 Å². The molecular weight excluding hydrogens is 216 g/mol. The zero-order valence-electron chi connectivity index (χ0n) is 8.84. The molecule has 0 atom stereocenters. The molecular formula is C14H8O3. The van der Waals surface area contributed by atoms with Gasteiger partial charge in [-0.25, -0.2) is 0 Å². The quantitative estimate of drug-likeness (QED) is 0.382. The molecule has 2 aromatic carbocycles. The van der Waals surface area contributed by atoms with Gasteiger partial charge in [-0.05, 0) is 24.3 Å². The highest BCUT2D eigenvalue weighted by Gasteiger charge is 2.09. The number of para-hydroxylation sites is 1. The molecule has 0 N–H and O–H groups in total. The predicted molar refractivity (Wildman–Crippen MR) is 64.1 cm³/mol. The third-order valence-electron chi connectivity index (χ3n) is 2.77. The standard InChI is InChI=1S/C14H8O3/c15-8-12(16)9-5-6-14-11(7-9)10-3-1-2-4-13(10)17-14/h1-8H. The summed E-state index contributed by atoms with van der Waals surface area (Å²) < 4.78 is 5.62. The van der Waals surface area contributed by atoms with Gasteiger partial charge in [0.1, 0.15) is 11.2 Å². The molecule has 3 heteroatoms. The number of benzene rings is 2. The highest BCUT2D eigenvalue weighted by molar-refractivity contribution is 6.33. The van der Waals surface area contributed by atoms with Crippen molar-refractivity contribution >= 4 is 34.0 Å². The van der Waals surface area contributed by atoms with E-state index in [9.17, 15) is 9.59 Å². The molecule has 0 unspecified atom stereocenters. The van der Waals surface area contributed by atoms with Crippen LogP contribution in [0.2, 0.25) is 0 Å². The molecule has 0 saturated carbocycles. The van der Waals surface area contributed by atoms with Crippen molar-refractivity contribution in [3.8, 4) is 0 Å². The Labute approximate surface area is 96.6 Å². The fourth-order valence-electron chi connectivity index (χ4n) is 1.95. The monoisotopic (exact) mass is 224 g/mol. The third kappa shape index (κ3) is 1.44. The molecule has 0 aliphatic rings. The minimum absolute atomic E-state index is 0.323. The number of rotatable bonds is 2. The average molecular weight is 224 g/mol. The Balaban J connectivity index is 2.37. The Kier molecular flexibility index (Phi) is 2.05. The van der Waals surface area contributed by atoms with Crippen LogP contribution in [0.15, 0.2) is 46.9 Å². The molecule has 0 saturated heterocycles. The van der Waals surface area contributed by atoms with E-state index in [0.29, 0.717) is 17.4 Å². The lowest BCUT2D eigenvalue weighted by Gasteiger charge is -1.93. The number of fused-ring (bicyclic) bond motifs is 3. The maximum atomic E-state index is 11.3. The Morgan fingerprint density at radius 3 is 2.59 bits per heavy atom. The van der Waals surface area contributed by atoms with Crippen LogP contribution in [0.25, 0.3) is 21.9 Å². The molecule has 0 spiro atoms. The Hall–Kier alpha value is -2.42. The zero-order valence-corrected chi connectivity index (χ0v) is 8.84. The summed E-state index contributed by atoms with van der Waals surface area (Å²) >= 11 is 0. The van der Waals surface area contributed by atoms with Gasteiger partial charge in [0, 0.05) is 16.3 Å². The van der Waals surface area contributed by atoms with E-state index in [1.807, 2.05) is 24.3 Å². The SMILES string of the molecule is O=CC(=O)c1ccc2oc3ccccc3c2c1. The minimum Gasteiger partial charge on any atom is -0.456 e. The number of hydrogen-bond acceptors (Lipinski definition) is 3. The van der Waals surface area contributed by atoms with E-state index in [-0.39, 0.29) is 0 Å². The van der Waals surface area contributed by atoms with Crippen molar-refractivity contribution in [1.29, 1.82) is 0 Å². The van der Waals surface area contributed by atoms with E-state index in [4.69, 9.17) is 4.42 Å². The van der Waals surface area contributed by atoms with Gasteiger partial charge in [-0.3, -0.25) is 9.59 Å². The van der Waals surface area contributed by atoms with E-state index in [0.717, 1.165) is 16.4 Å². The van der Waals surface area contributed by atoms with Crippen LogP contribution in [0.3, 0.4) is 0 Å². The summed E-state index contributed by atoms with van der Waals surface area (Å²) in [5.41, 5.74) is 1.88. The first-order chi connectivity index (χ1) is 8.29. The lowest BCUT2D eigenvalue weighted by Crippen LogP contribution is -1.98. The molecule has 0 fully saturated rings. The van der Waals surface area contributed by atoms with Gasteiger partial charge < -0.3 is 4.42 Å². The first-order valence-electron chi connectivity index (χ1n) is 5.20. The molecule has 0 aliphatic carbocycles. The normalized spacial score (nSPS) is 10.8. The van der Waals surface area contributed by atoms with Crippen LogP contribution in [0, 0.1) is 0 Å².